The van der Waals surface area contributed by atoms with Crippen LogP contribution in [0.4, 0.5) is 0 Å². The highest BCUT2D eigenvalue weighted by Crippen LogP contribution is 2.26. The first kappa shape index (κ1) is 18.1. The summed E-state index contributed by atoms with van der Waals surface area (Å²) in [5.74, 6) is 0.0975. The molecule has 4 nitrogen and oxygen atoms in total. The van der Waals surface area contributed by atoms with Gasteiger partial charge in [-0.15, -0.1) is 0 Å². The molecular formula is C25H25N3O. The molecule has 2 aliphatic rings. The molecule has 1 fully saturated rings. The van der Waals surface area contributed by atoms with Gasteiger partial charge in [-0.2, -0.15) is 0 Å². The van der Waals surface area contributed by atoms with Crippen molar-refractivity contribution in [2.45, 2.75) is 18.9 Å². The molecule has 4 heteroatoms. The molecule has 0 radical (unpaired) electrons. The van der Waals surface area contributed by atoms with Gasteiger partial charge in [0.1, 0.15) is 0 Å². The second-order valence-corrected chi connectivity index (χ2v) is 7.94. The summed E-state index contributed by atoms with van der Waals surface area (Å²) >= 11 is 0. The maximum absolute atomic E-state index is 12.7. The Kier molecular flexibility index (Phi) is 4.86. The zero-order valence-corrected chi connectivity index (χ0v) is 16.5. The molecule has 1 amide bonds. The molecule has 3 aromatic rings. The zero-order chi connectivity index (χ0) is 19.6. The number of rotatable bonds is 3. The predicted octanol–water partition coefficient (Wildman–Crippen LogP) is 3.56. The van der Waals surface area contributed by atoms with Crippen LogP contribution in [0.3, 0.4) is 0 Å². The Hall–Kier alpha value is -2.98. The minimum absolute atomic E-state index is 0.0975. The average Bonchev–Trinajstić information content (AvgIpc) is 3.22. The Labute approximate surface area is 171 Å². The van der Waals surface area contributed by atoms with Gasteiger partial charge >= 0.3 is 0 Å². The van der Waals surface area contributed by atoms with E-state index in [0.29, 0.717) is 6.04 Å². The van der Waals surface area contributed by atoms with Crippen LogP contribution >= 0.6 is 0 Å². The van der Waals surface area contributed by atoms with Crippen LogP contribution in [-0.4, -0.2) is 52.9 Å². The highest BCUT2D eigenvalue weighted by molar-refractivity contribution is 5.95. The van der Waals surface area contributed by atoms with Crippen LogP contribution in [0.15, 0.2) is 66.9 Å². The smallest absolute Gasteiger partial charge is 0.246 e. The predicted molar refractivity (Wildman–Crippen MR) is 117 cm³/mol. The minimum atomic E-state index is 0.0975. The number of aromatic nitrogens is 1. The van der Waals surface area contributed by atoms with Crippen molar-refractivity contribution in [2.24, 2.45) is 0 Å². The van der Waals surface area contributed by atoms with E-state index in [0.717, 1.165) is 55.5 Å². The Morgan fingerprint density at radius 1 is 0.897 bits per heavy atom. The molecule has 1 aliphatic heterocycles. The number of hydrogen-bond donors (Lipinski definition) is 0. The molecule has 0 unspecified atom stereocenters. The Morgan fingerprint density at radius 3 is 2.34 bits per heavy atom. The first-order chi connectivity index (χ1) is 14.3. The molecule has 0 N–H and O–H groups in total. The van der Waals surface area contributed by atoms with Gasteiger partial charge in [-0.05, 0) is 47.7 Å². The van der Waals surface area contributed by atoms with E-state index >= 15 is 0 Å². The van der Waals surface area contributed by atoms with E-state index in [1.165, 1.54) is 11.1 Å². The van der Waals surface area contributed by atoms with Crippen LogP contribution in [-0.2, 0) is 17.6 Å². The minimum Gasteiger partial charge on any atom is -0.337 e. The van der Waals surface area contributed by atoms with Crippen LogP contribution in [0, 0.1) is 0 Å². The van der Waals surface area contributed by atoms with Crippen molar-refractivity contribution in [3.8, 4) is 0 Å². The Bertz CT molecular complexity index is 1040. The molecule has 1 aliphatic carbocycles. The van der Waals surface area contributed by atoms with Gasteiger partial charge in [0.25, 0.3) is 0 Å². The molecule has 146 valence electrons. The van der Waals surface area contributed by atoms with Gasteiger partial charge in [0.05, 0.1) is 5.52 Å². The molecule has 0 atom stereocenters. The topological polar surface area (TPSA) is 36.4 Å². The van der Waals surface area contributed by atoms with Crippen molar-refractivity contribution in [3.05, 3.63) is 83.6 Å². The number of pyridine rings is 1. The summed E-state index contributed by atoms with van der Waals surface area (Å²) in [4.78, 5) is 21.6. The van der Waals surface area contributed by atoms with E-state index in [1.54, 1.807) is 12.3 Å². The summed E-state index contributed by atoms with van der Waals surface area (Å²) in [6.45, 7) is 3.51. The number of amides is 1. The zero-order valence-electron chi connectivity index (χ0n) is 16.5. The molecule has 0 bridgehead atoms. The highest BCUT2D eigenvalue weighted by Gasteiger charge is 2.29. The molecule has 2 aromatic carbocycles. The molecule has 1 aromatic heterocycles. The number of piperazine rings is 1. The second kappa shape index (κ2) is 7.80. The van der Waals surface area contributed by atoms with Crippen molar-refractivity contribution in [3.63, 3.8) is 0 Å². The lowest BCUT2D eigenvalue weighted by atomic mass is 10.1. The summed E-state index contributed by atoms with van der Waals surface area (Å²) in [7, 11) is 0. The van der Waals surface area contributed by atoms with Crippen LogP contribution in [0.5, 0.6) is 0 Å². The maximum atomic E-state index is 12.7. The SMILES string of the molecule is O=C(/C=C/c1ccnc2ccccc12)N1CCN(C2Cc3ccccc3C2)CC1. The van der Waals surface area contributed by atoms with Gasteiger partial charge in [0.15, 0.2) is 0 Å². The van der Waals surface area contributed by atoms with Crippen molar-refractivity contribution < 1.29 is 4.79 Å². The molecular weight excluding hydrogens is 358 g/mol. The van der Waals surface area contributed by atoms with E-state index in [-0.39, 0.29) is 5.91 Å². The van der Waals surface area contributed by atoms with Crippen molar-refractivity contribution in [1.29, 1.82) is 0 Å². The van der Waals surface area contributed by atoms with E-state index in [4.69, 9.17) is 0 Å². The van der Waals surface area contributed by atoms with E-state index < -0.39 is 0 Å². The monoisotopic (exact) mass is 383 g/mol. The fourth-order valence-electron chi connectivity index (χ4n) is 4.63. The van der Waals surface area contributed by atoms with Gasteiger partial charge < -0.3 is 4.90 Å². The van der Waals surface area contributed by atoms with E-state index in [1.807, 2.05) is 41.3 Å². The van der Waals surface area contributed by atoms with Gasteiger partial charge in [-0.1, -0.05) is 42.5 Å². The number of nitrogens with zero attached hydrogens (tertiary/aromatic N) is 3. The Morgan fingerprint density at radius 2 is 1.59 bits per heavy atom. The van der Waals surface area contributed by atoms with Crippen molar-refractivity contribution in [1.82, 2.24) is 14.8 Å². The number of para-hydroxylation sites is 1. The molecule has 1 saturated heterocycles. The summed E-state index contributed by atoms with van der Waals surface area (Å²) in [5, 5.41) is 1.07. The number of carbonyl (C=O) groups is 1. The average molecular weight is 383 g/mol. The van der Waals surface area contributed by atoms with Crippen molar-refractivity contribution >= 4 is 22.9 Å². The molecule has 0 spiro atoms. The van der Waals surface area contributed by atoms with Crippen LogP contribution in [0.1, 0.15) is 16.7 Å². The van der Waals surface area contributed by atoms with E-state index in [9.17, 15) is 4.79 Å². The van der Waals surface area contributed by atoms with Gasteiger partial charge in [0.2, 0.25) is 5.91 Å². The van der Waals surface area contributed by atoms with Crippen LogP contribution in [0.25, 0.3) is 17.0 Å². The van der Waals surface area contributed by atoms with Crippen LogP contribution < -0.4 is 0 Å². The number of benzene rings is 2. The second-order valence-electron chi connectivity index (χ2n) is 7.94. The normalized spacial score (nSPS) is 17.9. The fraction of sp³-hybridized carbons (Fsp3) is 0.280. The molecule has 2 heterocycles. The number of hydrogen-bond acceptors (Lipinski definition) is 3. The third-order valence-electron chi connectivity index (χ3n) is 6.26. The molecule has 29 heavy (non-hydrogen) atoms. The van der Waals surface area contributed by atoms with Crippen LogP contribution in [0.2, 0.25) is 0 Å². The fourth-order valence-corrected chi connectivity index (χ4v) is 4.63. The highest BCUT2D eigenvalue weighted by atomic mass is 16.2. The lowest BCUT2D eigenvalue weighted by Crippen LogP contribution is -2.51. The van der Waals surface area contributed by atoms with Crippen molar-refractivity contribution in [2.75, 3.05) is 26.2 Å². The number of carbonyl (C=O) groups excluding carboxylic acids is 1. The Balaban J connectivity index is 1.20. The molecule has 0 saturated carbocycles. The maximum Gasteiger partial charge on any atom is 0.246 e. The summed E-state index contributed by atoms with van der Waals surface area (Å²) < 4.78 is 0. The quantitative estimate of drug-likeness (QED) is 0.649. The summed E-state index contributed by atoms with van der Waals surface area (Å²) in [6.07, 6.45) is 7.71. The third kappa shape index (κ3) is 3.68. The van der Waals surface area contributed by atoms with Gasteiger partial charge in [-0.3, -0.25) is 14.7 Å². The van der Waals surface area contributed by atoms with Gasteiger partial charge in [0, 0.05) is 49.9 Å². The first-order valence-corrected chi connectivity index (χ1v) is 10.4. The lowest BCUT2D eigenvalue weighted by molar-refractivity contribution is -0.127. The third-order valence-corrected chi connectivity index (χ3v) is 6.26. The first-order valence-electron chi connectivity index (χ1n) is 10.4. The van der Waals surface area contributed by atoms with E-state index in [2.05, 4.69) is 34.1 Å². The summed E-state index contributed by atoms with van der Waals surface area (Å²) in [5.41, 5.74) is 4.96. The van der Waals surface area contributed by atoms with Gasteiger partial charge in [-0.25, -0.2) is 0 Å². The molecule has 5 rings (SSSR count). The lowest BCUT2D eigenvalue weighted by Gasteiger charge is -2.37. The number of fused-ring (bicyclic) bond motifs is 2. The summed E-state index contributed by atoms with van der Waals surface area (Å²) in [6, 6.07) is 19.3. The largest absolute Gasteiger partial charge is 0.337 e. The standard InChI is InChI=1S/C25H25N3O/c29-25(10-9-19-11-12-26-24-8-4-3-7-23(19)24)28-15-13-27(14-16-28)22-17-20-5-1-2-6-21(20)18-22/h1-12,22H,13-18H2/b10-9+.